The van der Waals surface area contributed by atoms with Gasteiger partial charge >= 0.3 is 0 Å². The smallest absolute Gasteiger partial charge is 0.201 e. The molecule has 5 heteroatoms. The molecule has 0 atom stereocenters. The quantitative estimate of drug-likeness (QED) is 0.220. The summed E-state index contributed by atoms with van der Waals surface area (Å²) in [5, 5.41) is 20.6. The van der Waals surface area contributed by atoms with Crippen molar-refractivity contribution in [2.45, 2.75) is 0 Å². The van der Waals surface area contributed by atoms with Crippen LogP contribution < -0.4 is 0 Å². The van der Waals surface area contributed by atoms with Crippen molar-refractivity contribution in [2.75, 3.05) is 0 Å². The molecule has 196 valence electrons. The van der Waals surface area contributed by atoms with E-state index in [9.17, 15) is 0 Å². The SMILES string of the molecule is N#Cc1ccc(-c2ccc(-c3ccc(-c4nnc(-c5ccccn5)nc4-c4ccccc4)c4ccccc34)cc2)cc1. The summed E-state index contributed by atoms with van der Waals surface area (Å²) in [5.41, 5.74) is 9.18. The topological polar surface area (TPSA) is 75.3 Å². The number of aromatic nitrogens is 4. The van der Waals surface area contributed by atoms with Gasteiger partial charge in [-0.25, -0.2) is 4.98 Å². The van der Waals surface area contributed by atoms with Crippen molar-refractivity contribution >= 4 is 10.8 Å². The monoisotopic (exact) mass is 537 g/mol. The van der Waals surface area contributed by atoms with Crippen LogP contribution in [0.5, 0.6) is 0 Å². The van der Waals surface area contributed by atoms with Crippen molar-refractivity contribution in [3.05, 3.63) is 145 Å². The van der Waals surface area contributed by atoms with Crippen LogP contribution >= 0.6 is 0 Å². The van der Waals surface area contributed by atoms with E-state index < -0.39 is 0 Å². The Kier molecular flexibility index (Phi) is 6.48. The van der Waals surface area contributed by atoms with Crippen LogP contribution in [0.3, 0.4) is 0 Å². The third-order valence-corrected chi connectivity index (χ3v) is 7.35. The van der Waals surface area contributed by atoms with E-state index in [1.54, 1.807) is 6.20 Å². The van der Waals surface area contributed by atoms with Crippen LogP contribution in [-0.2, 0) is 0 Å². The summed E-state index contributed by atoms with van der Waals surface area (Å²) in [7, 11) is 0. The third kappa shape index (κ3) is 4.68. The summed E-state index contributed by atoms with van der Waals surface area (Å²) < 4.78 is 0. The first-order valence-electron chi connectivity index (χ1n) is 13.6. The Morgan fingerprint density at radius 1 is 0.476 bits per heavy atom. The molecule has 0 saturated carbocycles. The summed E-state index contributed by atoms with van der Waals surface area (Å²) in [6, 6.07) is 46.8. The van der Waals surface area contributed by atoms with Crippen LogP contribution in [-0.4, -0.2) is 20.2 Å². The normalized spacial score (nSPS) is 10.8. The first kappa shape index (κ1) is 25.0. The minimum atomic E-state index is 0.487. The molecule has 0 amide bonds. The minimum Gasteiger partial charge on any atom is -0.253 e. The average molecular weight is 538 g/mol. The Balaban J connectivity index is 1.34. The summed E-state index contributed by atoms with van der Waals surface area (Å²) in [6.07, 6.45) is 1.73. The van der Waals surface area contributed by atoms with Crippen LogP contribution in [0.25, 0.3) is 67.1 Å². The van der Waals surface area contributed by atoms with E-state index in [0.29, 0.717) is 17.1 Å². The Labute approximate surface area is 243 Å². The van der Waals surface area contributed by atoms with Gasteiger partial charge in [0.15, 0.2) is 0 Å². The third-order valence-electron chi connectivity index (χ3n) is 7.35. The van der Waals surface area contributed by atoms with Gasteiger partial charge in [0.1, 0.15) is 17.1 Å². The maximum absolute atomic E-state index is 9.11. The highest BCUT2D eigenvalue weighted by Crippen LogP contribution is 2.38. The van der Waals surface area contributed by atoms with Crippen molar-refractivity contribution < 1.29 is 0 Å². The van der Waals surface area contributed by atoms with Gasteiger partial charge in [-0.1, -0.05) is 109 Å². The predicted molar refractivity (Wildman–Crippen MR) is 167 cm³/mol. The van der Waals surface area contributed by atoms with Crippen molar-refractivity contribution in [2.24, 2.45) is 0 Å². The highest BCUT2D eigenvalue weighted by Gasteiger charge is 2.18. The molecule has 0 aliphatic heterocycles. The van der Waals surface area contributed by atoms with Crippen molar-refractivity contribution in [3.8, 4) is 62.4 Å². The number of benzene rings is 5. The molecule has 0 saturated heterocycles. The molecule has 7 rings (SSSR count). The van der Waals surface area contributed by atoms with Crippen LogP contribution in [0.2, 0.25) is 0 Å². The lowest BCUT2D eigenvalue weighted by Gasteiger charge is -2.14. The lowest BCUT2D eigenvalue weighted by molar-refractivity contribution is 0.982. The maximum atomic E-state index is 9.11. The standard InChI is InChI=1S/C37H23N5/c38-24-25-13-15-26(16-14-25)27-17-19-28(20-18-27)30-21-22-33(32-11-5-4-10-31(30)32)36-35(29-8-2-1-3-9-29)40-37(42-41-36)34-12-6-7-23-39-34/h1-23H. The lowest BCUT2D eigenvalue weighted by Crippen LogP contribution is -2.01. The van der Waals surface area contributed by atoms with Crippen molar-refractivity contribution in [1.29, 1.82) is 5.26 Å². The molecule has 0 unspecified atom stereocenters. The largest absolute Gasteiger partial charge is 0.253 e. The molecular weight excluding hydrogens is 514 g/mol. The van der Waals surface area contributed by atoms with Gasteiger partial charge in [0.25, 0.3) is 0 Å². The summed E-state index contributed by atoms with van der Waals surface area (Å²) in [4.78, 5) is 9.41. The summed E-state index contributed by atoms with van der Waals surface area (Å²) in [5.74, 6) is 0.487. The van der Waals surface area contributed by atoms with Gasteiger partial charge in [0, 0.05) is 17.3 Å². The first-order chi connectivity index (χ1) is 20.8. The molecular formula is C37H23N5. The Hall–Kier alpha value is -5.99. The van der Waals surface area contributed by atoms with Crippen molar-refractivity contribution in [3.63, 3.8) is 0 Å². The zero-order chi connectivity index (χ0) is 28.3. The lowest BCUT2D eigenvalue weighted by atomic mass is 9.92. The maximum Gasteiger partial charge on any atom is 0.201 e. The second kappa shape index (κ2) is 10.9. The predicted octanol–water partition coefficient (Wildman–Crippen LogP) is 8.63. The van der Waals surface area contributed by atoms with Crippen molar-refractivity contribution in [1.82, 2.24) is 20.2 Å². The Bertz CT molecular complexity index is 2060. The van der Waals surface area contributed by atoms with Gasteiger partial charge in [0.05, 0.1) is 11.6 Å². The van der Waals surface area contributed by atoms with E-state index in [2.05, 4.69) is 76.8 Å². The van der Waals surface area contributed by atoms with Crippen LogP contribution in [0, 0.1) is 11.3 Å². The van der Waals surface area contributed by atoms with Gasteiger partial charge in [-0.15, -0.1) is 10.2 Å². The fraction of sp³-hybridized carbons (Fsp3) is 0. The fourth-order valence-corrected chi connectivity index (χ4v) is 5.24. The van der Waals surface area contributed by atoms with Crippen LogP contribution in [0.4, 0.5) is 0 Å². The van der Waals surface area contributed by atoms with E-state index in [0.717, 1.165) is 55.5 Å². The molecule has 0 aliphatic carbocycles. The molecule has 2 heterocycles. The number of hydrogen-bond acceptors (Lipinski definition) is 5. The molecule has 42 heavy (non-hydrogen) atoms. The molecule has 0 N–H and O–H groups in total. The number of nitrogens with zero attached hydrogens (tertiary/aromatic N) is 5. The van der Waals surface area contributed by atoms with Gasteiger partial charge in [0.2, 0.25) is 5.82 Å². The summed E-state index contributed by atoms with van der Waals surface area (Å²) in [6.45, 7) is 0. The molecule has 0 spiro atoms. The number of pyridine rings is 1. The van der Waals surface area contributed by atoms with Crippen LogP contribution in [0.15, 0.2) is 140 Å². The van der Waals surface area contributed by atoms with E-state index in [4.69, 9.17) is 15.3 Å². The molecule has 5 aromatic carbocycles. The second-order valence-corrected chi connectivity index (χ2v) is 9.89. The van der Waals surface area contributed by atoms with Gasteiger partial charge in [-0.05, 0) is 57.3 Å². The Morgan fingerprint density at radius 3 is 1.79 bits per heavy atom. The summed E-state index contributed by atoms with van der Waals surface area (Å²) >= 11 is 0. The second-order valence-electron chi connectivity index (χ2n) is 9.89. The number of hydrogen-bond donors (Lipinski definition) is 0. The zero-order valence-electron chi connectivity index (χ0n) is 22.5. The molecule has 7 aromatic rings. The van der Waals surface area contributed by atoms with E-state index in [-0.39, 0.29) is 0 Å². The van der Waals surface area contributed by atoms with E-state index in [1.807, 2.05) is 72.8 Å². The number of nitriles is 1. The Morgan fingerprint density at radius 2 is 1.10 bits per heavy atom. The zero-order valence-corrected chi connectivity index (χ0v) is 22.5. The molecule has 5 nitrogen and oxygen atoms in total. The van der Waals surface area contributed by atoms with Gasteiger partial charge in [-0.2, -0.15) is 5.26 Å². The van der Waals surface area contributed by atoms with Crippen LogP contribution in [0.1, 0.15) is 5.56 Å². The van der Waals surface area contributed by atoms with Gasteiger partial charge in [-0.3, -0.25) is 4.98 Å². The molecule has 2 aromatic heterocycles. The minimum absolute atomic E-state index is 0.487. The molecule has 0 fully saturated rings. The molecule has 0 radical (unpaired) electrons. The van der Waals surface area contributed by atoms with E-state index >= 15 is 0 Å². The van der Waals surface area contributed by atoms with Gasteiger partial charge < -0.3 is 0 Å². The number of rotatable bonds is 5. The first-order valence-corrected chi connectivity index (χ1v) is 13.6. The molecule has 0 aliphatic rings. The number of fused-ring (bicyclic) bond motifs is 1. The fourth-order valence-electron chi connectivity index (χ4n) is 5.24. The molecule has 0 bridgehead atoms. The average Bonchev–Trinajstić information content (AvgIpc) is 3.08. The highest BCUT2D eigenvalue weighted by molar-refractivity contribution is 6.06. The van der Waals surface area contributed by atoms with E-state index in [1.165, 1.54) is 0 Å². The highest BCUT2D eigenvalue weighted by atomic mass is 15.2.